The van der Waals surface area contributed by atoms with Gasteiger partial charge in [0.25, 0.3) is 0 Å². The molecule has 0 aliphatic carbocycles. The van der Waals surface area contributed by atoms with Crippen LogP contribution in [0.25, 0.3) is 0 Å². The number of rotatable bonds is 6. The molecule has 1 aromatic rings. The average molecular weight is 268 g/mol. The fraction of sp³-hybridized carbons (Fsp3) is 0.538. The number of methoxy groups -OCH3 is 1. The molecule has 0 aliphatic heterocycles. The Hall–Kier alpha value is -1.82. The molecule has 6 nitrogen and oxygen atoms in total. The molecule has 0 saturated carbocycles. The number of carbonyl (C=O) groups is 2. The molecular weight excluding hydrogens is 248 g/mol. The third-order valence-electron chi connectivity index (χ3n) is 2.92. The number of hydrogen-bond acceptors (Lipinski definition) is 5. The molecule has 19 heavy (non-hydrogen) atoms. The van der Waals surface area contributed by atoms with Gasteiger partial charge in [0, 0.05) is 6.04 Å². The zero-order valence-electron chi connectivity index (χ0n) is 11.7. The summed E-state index contributed by atoms with van der Waals surface area (Å²) in [5, 5.41) is 0. The van der Waals surface area contributed by atoms with Crippen LogP contribution in [0.5, 0.6) is 0 Å². The SMILES string of the molecule is COC(=O)c1ccc(C(C)N(CC(N)=O)C(C)C)o1. The van der Waals surface area contributed by atoms with Gasteiger partial charge in [-0.05, 0) is 32.9 Å². The van der Waals surface area contributed by atoms with Gasteiger partial charge in [-0.2, -0.15) is 0 Å². The van der Waals surface area contributed by atoms with E-state index >= 15 is 0 Å². The summed E-state index contributed by atoms with van der Waals surface area (Å²) in [7, 11) is 1.29. The summed E-state index contributed by atoms with van der Waals surface area (Å²) in [4.78, 5) is 24.3. The molecule has 1 atom stereocenters. The van der Waals surface area contributed by atoms with Crippen molar-refractivity contribution in [3.8, 4) is 0 Å². The predicted molar refractivity (Wildman–Crippen MR) is 69.5 cm³/mol. The van der Waals surface area contributed by atoms with Gasteiger partial charge in [-0.1, -0.05) is 0 Å². The van der Waals surface area contributed by atoms with E-state index in [0.717, 1.165) is 0 Å². The number of carbonyl (C=O) groups excluding carboxylic acids is 2. The Bertz CT molecular complexity index is 453. The van der Waals surface area contributed by atoms with E-state index in [-0.39, 0.29) is 24.4 Å². The number of amides is 1. The van der Waals surface area contributed by atoms with Crippen LogP contribution in [0.3, 0.4) is 0 Å². The third kappa shape index (κ3) is 3.82. The molecule has 1 rings (SSSR count). The smallest absolute Gasteiger partial charge is 0.373 e. The highest BCUT2D eigenvalue weighted by Gasteiger charge is 2.24. The van der Waals surface area contributed by atoms with Crippen molar-refractivity contribution in [2.75, 3.05) is 13.7 Å². The molecule has 1 heterocycles. The quantitative estimate of drug-likeness (QED) is 0.786. The van der Waals surface area contributed by atoms with Gasteiger partial charge in [0.05, 0.1) is 19.7 Å². The summed E-state index contributed by atoms with van der Waals surface area (Å²) in [6.07, 6.45) is 0. The first kappa shape index (κ1) is 15.2. The standard InChI is InChI=1S/C13H20N2O4/c1-8(2)15(7-12(14)16)9(3)10-5-6-11(19-10)13(17)18-4/h5-6,8-9H,7H2,1-4H3,(H2,14,16). The van der Waals surface area contributed by atoms with Crippen LogP contribution in [-0.2, 0) is 9.53 Å². The number of nitrogens with two attached hydrogens (primary N) is 1. The van der Waals surface area contributed by atoms with Crippen LogP contribution >= 0.6 is 0 Å². The first-order valence-electron chi connectivity index (χ1n) is 6.09. The predicted octanol–water partition coefficient (Wildman–Crippen LogP) is 1.32. The molecule has 0 bridgehead atoms. The number of nitrogens with zero attached hydrogens (tertiary/aromatic N) is 1. The lowest BCUT2D eigenvalue weighted by Gasteiger charge is -2.30. The van der Waals surface area contributed by atoms with Crippen LogP contribution in [-0.4, -0.2) is 36.5 Å². The Morgan fingerprint density at radius 1 is 1.37 bits per heavy atom. The molecule has 2 N–H and O–H groups in total. The van der Waals surface area contributed by atoms with Crippen LogP contribution in [0, 0.1) is 0 Å². The minimum absolute atomic E-state index is 0.120. The van der Waals surface area contributed by atoms with Crippen LogP contribution < -0.4 is 5.73 Å². The molecular formula is C13H20N2O4. The molecule has 1 aromatic heterocycles. The van der Waals surface area contributed by atoms with Crippen molar-refractivity contribution in [1.29, 1.82) is 0 Å². The van der Waals surface area contributed by atoms with Crippen LogP contribution in [0.2, 0.25) is 0 Å². The van der Waals surface area contributed by atoms with E-state index < -0.39 is 11.9 Å². The van der Waals surface area contributed by atoms with Crippen molar-refractivity contribution < 1.29 is 18.7 Å². The zero-order valence-corrected chi connectivity index (χ0v) is 11.7. The lowest BCUT2D eigenvalue weighted by molar-refractivity contribution is -0.120. The molecule has 106 valence electrons. The maximum absolute atomic E-state index is 11.3. The molecule has 0 spiro atoms. The van der Waals surface area contributed by atoms with E-state index in [0.29, 0.717) is 5.76 Å². The second kappa shape index (κ2) is 6.38. The Morgan fingerprint density at radius 2 is 2.00 bits per heavy atom. The maximum atomic E-state index is 11.3. The van der Waals surface area contributed by atoms with Gasteiger partial charge in [-0.15, -0.1) is 0 Å². The van der Waals surface area contributed by atoms with Crippen molar-refractivity contribution in [1.82, 2.24) is 4.90 Å². The van der Waals surface area contributed by atoms with E-state index in [1.54, 1.807) is 12.1 Å². The molecule has 6 heteroatoms. The summed E-state index contributed by atoms with van der Waals surface area (Å²) >= 11 is 0. The second-order valence-corrected chi connectivity index (χ2v) is 4.60. The van der Waals surface area contributed by atoms with Crippen molar-refractivity contribution in [2.24, 2.45) is 5.73 Å². The highest BCUT2D eigenvalue weighted by molar-refractivity contribution is 5.86. The van der Waals surface area contributed by atoms with Crippen molar-refractivity contribution in [2.45, 2.75) is 32.9 Å². The number of furan rings is 1. The topological polar surface area (TPSA) is 85.8 Å². The van der Waals surface area contributed by atoms with E-state index in [1.807, 2.05) is 25.7 Å². The summed E-state index contributed by atoms with van der Waals surface area (Å²) < 4.78 is 10.0. The van der Waals surface area contributed by atoms with Crippen molar-refractivity contribution in [3.05, 3.63) is 23.7 Å². The molecule has 1 amide bonds. The van der Waals surface area contributed by atoms with Gasteiger partial charge in [0.1, 0.15) is 5.76 Å². The van der Waals surface area contributed by atoms with Crippen LogP contribution in [0.4, 0.5) is 0 Å². The van der Waals surface area contributed by atoms with Gasteiger partial charge in [0.2, 0.25) is 11.7 Å². The minimum atomic E-state index is -0.524. The molecule has 0 fully saturated rings. The largest absolute Gasteiger partial charge is 0.463 e. The number of esters is 1. The van der Waals surface area contributed by atoms with E-state index in [4.69, 9.17) is 10.2 Å². The first-order chi connectivity index (χ1) is 8.86. The maximum Gasteiger partial charge on any atom is 0.373 e. The Morgan fingerprint density at radius 3 is 2.47 bits per heavy atom. The monoisotopic (exact) mass is 268 g/mol. The summed E-state index contributed by atoms with van der Waals surface area (Å²) in [6, 6.07) is 3.22. The summed E-state index contributed by atoms with van der Waals surface area (Å²) in [5.41, 5.74) is 5.24. The Kier molecular flexibility index (Phi) is 5.11. The lowest BCUT2D eigenvalue weighted by atomic mass is 10.1. The molecule has 0 aliphatic rings. The first-order valence-corrected chi connectivity index (χ1v) is 6.09. The molecule has 0 aromatic carbocycles. The minimum Gasteiger partial charge on any atom is -0.463 e. The fourth-order valence-corrected chi connectivity index (χ4v) is 1.90. The fourth-order valence-electron chi connectivity index (χ4n) is 1.90. The average Bonchev–Trinajstić information content (AvgIpc) is 2.83. The van der Waals surface area contributed by atoms with Crippen molar-refractivity contribution >= 4 is 11.9 Å². The van der Waals surface area contributed by atoms with E-state index in [2.05, 4.69) is 4.74 Å². The van der Waals surface area contributed by atoms with Crippen LogP contribution in [0.1, 0.15) is 43.1 Å². The second-order valence-electron chi connectivity index (χ2n) is 4.60. The zero-order chi connectivity index (χ0) is 14.6. The molecule has 0 radical (unpaired) electrons. The van der Waals surface area contributed by atoms with Gasteiger partial charge in [-0.3, -0.25) is 9.69 Å². The number of primary amides is 1. The van der Waals surface area contributed by atoms with E-state index in [9.17, 15) is 9.59 Å². The Labute approximate surface area is 112 Å². The Balaban J connectivity index is 2.90. The lowest BCUT2D eigenvalue weighted by Crippen LogP contribution is -2.40. The number of ether oxygens (including phenoxy) is 1. The van der Waals surface area contributed by atoms with Crippen LogP contribution in [0.15, 0.2) is 16.5 Å². The molecule has 0 saturated heterocycles. The van der Waals surface area contributed by atoms with Crippen molar-refractivity contribution in [3.63, 3.8) is 0 Å². The normalized spacial score (nSPS) is 12.7. The van der Waals surface area contributed by atoms with Gasteiger partial charge in [0.15, 0.2) is 0 Å². The van der Waals surface area contributed by atoms with Gasteiger partial charge in [-0.25, -0.2) is 4.79 Å². The number of hydrogen-bond donors (Lipinski definition) is 1. The molecule has 1 unspecified atom stereocenters. The highest BCUT2D eigenvalue weighted by atomic mass is 16.5. The van der Waals surface area contributed by atoms with Gasteiger partial charge >= 0.3 is 5.97 Å². The van der Waals surface area contributed by atoms with Gasteiger partial charge < -0.3 is 14.9 Å². The summed E-state index contributed by atoms with van der Waals surface area (Å²) in [5.74, 6) is -0.188. The summed E-state index contributed by atoms with van der Waals surface area (Å²) in [6.45, 7) is 5.95. The highest BCUT2D eigenvalue weighted by Crippen LogP contribution is 2.24. The van der Waals surface area contributed by atoms with E-state index in [1.165, 1.54) is 7.11 Å². The third-order valence-corrected chi connectivity index (χ3v) is 2.92.